The largest absolute Gasteiger partial charge is 0.464 e. The molecule has 17 heavy (non-hydrogen) atoms. The third-order valence-corrected chi connectivity index (χ3v) is 2.82. The molecule has 1 amide bonds. The predicted octanol–water partition coefficient (Wildman–Crippen LogP) is -0.438. The van der Waals surface area contributed by atoms with Gasteiger partial charge in [-0.25, -0.2) is 4.79 Å². The van der Waals surface area contributed by atoms with Crippen LogP contribution < -0.4 is 11.1 Å². The Morgan fingerprint density at radius 1 is 1.47 bits per heavy atom. The molecular formula is C11H20N2O4. The van der Waals surface area contributed by atoms with E-state index in [1.54, 1.807) is 13.8 Å². The van der Waals surface area contributed by atoms with Crippen molar-refractivity contribution in [1.29, 1.82) is 0 Å². The van der Waals surface area contributed by atoms with E-state index in [4.69, 9.17) is 15.2 Å². The van der Waals surface area contributed by atoms with Crippen molar-refractivity contribution in [3.63, 3.8) is 0 Å². The molecule has 0 bridgehead atoms. The Bertz CT molecular complexity index is 287. The van der Waals surface area contributed by atoms with Gasteiger partial charge in [0, 0.05) is 13.2 Å². The highest BCUT2D eigenvalue weighted by Crippen LogP contribution is 2.17. The van der Waals surface area contributed by atoms with Crippen molar-refractivity contribution in [2.75, 3.05) is 19.8 Å². The van der Waals surface area contributed by atoms with Crippen LogP contribution in [0.5, 0.6) is 0 Å². The van der Waals surface area contributed by atoms with Gasteiger partial charge in [0.15, 0.2) is 0 Å². The zero-order valence-corrected chi connectivity index (χ0v) is 10.3. The Kier molecular flexibility index (Phi) is 4.89. The Hall–Kier alpha value is -1.14. The summed E-state index contributed by atoms with van der Waals surface area (Å²) in [6, 6.07) is -0.675. The fourth-order valence-electron chi connectivity index (χ4n) is 1.63. The Balaban J connectivity index is 2.50. The maximum Gasteiger partial charge on any atom is 0.328 e. The molecule has 1 unspecified atom stereocenters. The van der Waals surface area contributed by atoms with Crippen LogP contribution in [0.25, 0.3) is 0 Å². The number of amides is 1. The van der Waals surface area contributed by atoms with Crippen LogP contribution in [0.4, 0.5) is 0 Å². The molecule has 0 aliphatic carbocycles. The van der Waals surface area contributed by atoms with Crippen LogP contribution in [0.15, 0.2) is 0 Å². The number of carbonyl (C=O) groups excluding carboxylic acids is 2. The maximum atomic E-state index is 11.9. The molecule has 1 fully saturated rings. The summed E-state index contributed by atoms with van der Waals surface area (Å²) in [5.74, 6) is -0.766. The highest BCUT2D eigenvalue weighted by molar-refractivity contribution is 5.90. The van der Waals surface area contributed by atoms with Crippen molar-refractivity contribution in [2.24, 2.45) is 5.73 Å². The predicted molar refractivity (Wildman–Crippen MR) is 61.2 cm³/mol. The van der Waals surface area contributed by atoms with Crippen LogP contribution >= 0.6 is 0 Å². The van der Waals surface area contributed by atoms with Crippen LogP contribution in [0.2, 0.25) is 0 Å². The molecule has 98 valence electrons. The van der Waals surface area contributed by atoms with Crippen molar-refractivity contribution in [2.45, 2.75) is 38.3 Å². The topological polar surface area (TPSA) is 90.7 Å². The highest BCUT2D eigenvalue weighted by atomic mass is 16.5. The minimum atomic E-state index is -0.932. The normalized spacial score (nSPS) is 20.4. The first kappa shape index (κ1) is 13.9. The van der Waals surface area contributed by atoms with Gasteiger partial charge in [0.25, 0.3) is 0 Å². The smallest absolute Gasteiger partial charge is 0.328 e. The third kappa shape index (κ3) is 3.67. The second kappa shape index (κ2) is 5.97. The molecule has 0 radical (unpaired) electrons. The highest BCUT2D eigenvalue weighted by Gasteiger charge is 2.37. The van der Waals surface area contributed by atoms with Crippen molar-refractivity contribution >= 4 is 11.9 Å². The average molecular weight is 244 g/mol. The molecule has 0 aromatic carbocycles. The van der Waals surface area contributed by atoms with Crippen LogP contribution in [0.3, 0.4) is 0 Å². The molecular weight excluding hydrogens is 224 g/mol. The first-order valence-electron chi connectivity index (χ1n) is 5.84. The van der Waals surface area contributed by atoms with E-state index in [0.29, 0.717) is 32.7 Å². The van der Waals surface area contributed by atoms with E-state index in [9.17, 15) is 9.59 Å². The molecule has 0 aromatic heterocycles. The summed E-state index contributed by atoms with van der Waals surface area (Å²) >= 11 is 0. The van der Waals surface area contributed by atoms with E-state index in [0.717, 1.165) is 0 Å². The van der Waals surface area contributed by atoms with Gasteiger partial charge in [0.2, 0.25) is 5.91 Å². The maximum absolute atomic E-state index is 11.9. The van der Waals surface area contributed by atoms with Gasteiger partial charge < -0.3 is 20.5 Å². The van der Waals surface area contributed by atoms with E-state index in [1.165, 1.54) is 0 Å². The quantitative estimate of drug-likeness (QED) is 0.654. The summed E-state index contributed by atoms with van der Waals surface area (Å²) in [6.07, 6.45) is 0.933. The number of nitrogens with one attached hydrogen (secondary N) is 1. The Morgan fingerprint density at radius 2 is 2.06 bits per heavy atom. The standard InChI is InChI=1S/C11H20N2O4/c1-3-17-9(14)8(2)13-10(15)11(12)4-6-16-7-5-11/h8H,3-7,12H2,1-2H3,(H,13,15). The Morgan fingerprint density at radius 3 is 2.59 bits per heavy atom. The van der Waals surface area contributed by atoms with Crippen LogP contribution in [0, 0.1) is 0 Å². The first-order valence-corrected chi connectivity index (χ1v) is 5.84. The number of carbonyl (C=O) groups is 2. The van der Waals surface area contributed by atoms with Gasteiger partial charge in [-0.2, -0.15) is 0 Å². The summed E-state index contributed by atoms with van der Waals surface area (Å²) in [5.41, 5.74) is 5.05. The molecule has 0 aromatic rings. The minimum Gasteiger partial charge on any atom is -0.464 e. The summed E-state index contributed by atoms with van der Waals surface area (Å²) in [5, 5.41) is 2.58. The lowest BCUT2D eigenvalue weighted by Gasteiger charge is -2.32. The summed E-state index contributed by atoms with van der Waals surface area (Å²) < 4.78 is 9.96. The summed E-state index contributed by atoms with van der Waals surface area (Å²) in [6.45, 7) is 4.53. The molecule has 1 rings (SSSR count). The van der Waals surface area contributed by atoms with E-state index < -0.39 is 17.6 Å². The fourth-order valence-corrected chi connectivity index (χ4v) is 1.63. The summed E-state index contributed by atoms with van der Waals surface area (Å²) in [4.78, 5) is 23.3. The van der Waals surface area contributed by atoms with Crippen molar-refractivity contribution < 1.29 is 19.1 Å². The fraction of sp³-hybridized carbons (Fsp3) is 0.818. The second-order valence-corrected chi connectivity index (χ2v) is 4.22. The molecule has 0 saturated carbocycles. The molecule has 1 saturated heterocycles. The lowest BCUT2D eigenvalue weighted by molar-refractivity contribution is -0.147. The van der Waals surface area contributed by atoms with Gasteiger partial charge in [0.1, 0.15) is 6.04 Å². The third-order valence-electron chi connectivity index (χ3n) is 2.82. The van der Waals surface area contributed by atoms with Gasteiger partial charge >= 0.3 is 5.97 Å². The van der Waals surface area contributed by atoms with E-state index in [2.05, 4.69) is 5.32 Å². The van der Waals surface area contributed by atoms with Crippen LogP contribution in [-0.4, -0.2) is 43.3 Å². The van der Waals surface area contributed by atoms with Crippen molar-refractivity contribution in [3.8, 4) is 0 Å². The number of esters is 1. The van der Waals surface area contributed by atoms with Crippen molar-refractivity contribution in [1.82, 2.24) is 5.32 Å². The zero-order valence-electron chi connectivity index (χ0n) is 10.3. The molecule has 1 aliphatic heterocycles. The summed E-state index contributed by atoms with van der Waals surface area (Å²) in [7, 11) is 0. The van der Waals surface area contributed by atoms with Gasteiger partial charge in [-0.3, -0.25) is 4.79 Å². The second-order valence-electron chi connectivity index (χ2n) is 4.22. The minimum absolute atomic E-state index is 0.292. The van der Waals surface area contributed by atoms with Crippen molar-refractivity contribution in [3.05, 3.63) is 0 Å². The molecule has 0 spiro atoms. The molecule has 6 heteroatoms. The number of rotatable bonds is 4. The SMILES string of the molecule is CCOC(=O)C(C)NC(=O)C1(N)CCOCC1. The van der Waals surface area contributed by atoms with E-state index in [-0.39, 0.29) is 5.91 Å². The van der Waals surface area contributed by atoms with Gasteiger partial charge in [-0.15, -0.1) is 0 Å². The lowest BCUT2D eigenvalue weighted by Crippen LogP contribution is -2.59. The number of hydrogen-bond donors (Lipinski definition) is 2. The van der Waals surface area contributed by atoms with Gasteiger partial charge in [-0.1, -0.05) is 0 Å². The number of nitrogens with two attached hydrogens (primary N) is 1. The number of hydrogen-bond acceptors (Lipinski definition) is 5. The Labute approximate surface area is 101 Å². The zero-order chi connectivity index (χ0) is 12.9. The van der Waals surface area contributed by atoms with E-state index >= 15 is 0 Å². The monoisotopic (exact) mass is 244 g/mol. The first-order chi connectivity index (χ1) is 7.99. The van der Waals surface area contributed by atoms with E-state index in [1.807, 2.05) is 0 Å². The molecule has 3 N–H and O–H groups in total. The molecule has 1 atom stereocenters. The van der Waals surface area contributed by atoms with Crippen LogP contribution in [-0.2, 0) is 19.1 Å². The van der Waals surface area contributed by atoms with Gasteiger partial charge in [-0.05, 0) is 26.7 Å². The lowest BCUT2D eigenvalue weighted by atomic mass is 9.90. The average Bonchev–Trinajstić information content (AvgIpc) is 2.30. The molecule has 1 heterocycles. The molecule has 1 aliphatic rings. The number of ether oxygens (including phenoxy) is 2. The van der Waals surface area contributed by atoms with Gasteiger partial charge in [0.05, 0.1) is 12.1 Å². The van der Waals surface area contributed by atoms with Crippen LogP contribution in [0.1, 0.15) is 26.7 Å². The molecule has 6 nitrogen and oxygen atoms in total.